The van der Waals surface area contributed by atoms with Crippen LogP contribution in [0.2, 0.25) is 5.02 Å². The molecule has 2 aromatic rings. The number of benzene rings is 2. The molecule has 0 bridgehead atoms. The number of carbonyl (C=O) groups is 1. The smallest absolute Gasteiger partial charge is 0.303 e. The molecule has 0 spiro atoms. The van der Waals surface area contributed by atoms with E-state index in [1.54, 1.807) is 25.1 Å². The molecule has 0 aliphatic carbocycles. The van der Waals surface area contributed by atoms with Crippen LogP contribution in [0.1, 0.15) is 19.4 Å². The van der Waals surface area contributed by atoms with Gasteiger partial charge in [0.15, 0.2) is 5.60 Å². The van der Waals surface area contributed by atoms with Gasteiger partial charge in [-0.05, 0) is 13.0 Å². The van der Waals surface area contributed by atoms with Crippen molar-refractivity contribution in [3.8, 4) is 5.75 Å². The predicted octanol–water partition coefficient (Wildman–Crippen LogP) is 3.57. The van der Waals surface area contributed by atoms with Crippen LogP contribution >= 0.6 is 11.6 Å². The van der Waals surface area contributed by atoms with Gasteiger partial charge in [0.05, 0.1) is 15.3 Å². The van der Waals surface area contributed by atoms with E-state index in [-0.39, 0.29) is 17.3 Å². The summed E-state index contributed by atoms with van der Waals surface area (Å²) >= 11 is 6.12. The molecular weight excluding hydrogens is 310 g/mol. The van der Waals surface area contributed by atoms with E-state index in [4.69, 9.17) is 21.1 Å². The molecule has 0 fully saturated rings. The fourth-order valence-electron chi connectivity index (χ4n) is 2.82. The third-order valence-electron chi connectivity index (χ3n) is 3.68. The standard InChI is InChI=1S/C15H12ClNO5/c1-8(18)22-15(2)7-21-14-11(16)6-12(17(19)20)9-4-3-5-10(15)13(9)14/h3-6H,7H2,1-2H3. The Morgan fingerprint density at radius 1 is 1.50 bits per heavy atom. The number of carbonyl (C=O) groups excluding carboxylic acids is 1. The summed E-state index contributed by atoms with van der Waals surface area (Å²) in [5.41, 5.74) is -0.481. The highest BCUT2D eigenvalue weighted by Crippen LogP contribution is 2.47. The van der Waals surface area contributed by atoms with Crippen LogP contribution in [0.3, 0.4) is 0 Å². The van der Waals surface area contributed by atoms with Gasteiger partial charge in [-0.3, -0.25) is 14.9 Å². The Hall–Kier alpha value is -2.34. The average molecular weight is 322 g/mol. The molecule has 1 heterocycles. The third kappa shape index (κ3) is 2.07. The lowest BCUT2D eigenvalue weighted by Gasteiger charge is -2.35. The summed E-state index contributed by atoms with van der Waals surface area (Å²) in [6.45, 7) is 3.11. The van der Waals surface area contributed by atoms with Gasteiger partial charge in [-0.25, -0.2) is 0 Å². The molecule has 1 aliphatic heterocycles. The summed E-state index contributed by atoms with van der Waals surface area (Å²) in [5.74, 6) is -0.0782. The van der Waals surface area contributed by atoms with Gasteiger partial charge in [0, 0.05) is 23.9 Å². The first-order valence-electron chi connectivity index (χ1n) is 6.56. The van der Waals surface area contributed by atoms with Crippen LogP contribution in [0, 0.1) is 10.1 Å². The van der Waals surface area contributed by atoms with Gasteiger partial charge in [-0.15, -0.1) is 0 Å². The van der Waals surface area contributed by atoms with Gasteiger partial charge in [0.1, 0.15) is 12.4 Å². The number of rotatable bonds is 2. The number of hydrogen-bond acceptors (Lipinski definition) is 5. The maximum absolute atomic E-state index is 11.4. The van der Waals surface area contributed by atoms with Gasteiger partial charge >= 0.3 is 5.97 Å². The quantitative estimate of drug-likeness (QED) is 0.480. The third-order valence-corrected chi connectivity index (χ3v) is 3.96. The first-order chi connectivity index (χ1) is 10.3. The van der Waals surface area contributed by atoms with Crippen LogP contribution in [-0.4, -0.2) is 17.5 Å². The van der Waals surface area contributed by atoms with Crippen molar-refractivity contribution in [2.24, 2.45) is 0 Å². The minimum Gasteiger partial charge on any atom is -0.487 e. The van der Waals surface area contributed by atoms with Crippen LogP contribution in [0.4, 0.5) is 5.69 Å². The fourth-order valence-corrected chi connectivity index (χ4v) is 3.07. The highest BCUT2D eigenvalue weighted by atomic mass is 35.5. The van der Waals surface area contributed by atoms with Gasteiger partial charge in [0.25, 0.3) is 5.69 Å². The Balaban J connectivity index is 2.38. The van der Waals surface area contributed by atoms with Gasteiger partial charge in [0.2, 0.25) is 0 Å². The molecule has 0 aromatic heterocycles. The fraction of sp³-hybridized carbons (Fsp3) is 0.267. The maximum Gasteiger partial charge on any atom is 0.303 e. The van der Waals surface area contributed by atoms with Gasteiger partial charge < -0.3 is 9.47 Å². The van der Waals surface area contributed by atoms with Gasteiger partial charge in [-0.2, -0.15) is 0 Å². The number of ether oxygens (including phenoxy) is 2. The molecule has 1 aliphatic rings. The van der Waals surface area contributed by atoms with Crippen LogP contribution in [0.15, 0.2) is 24.3 Å². The van der Waals surface area contributed by atoms with E-state index in [0.29, 0.717) is 22.1 Å². The van der Waals surface area contributed by atoms with Crippen molar-refractivity contribution in [2.45, 2.75) is 19.4 Å². The monoisotopic (exact) mass is 321 g/mol. The van der Waals surface area contributed by atoms with E-state index in [0.717, 1.165) is 0 Å². The number of nitro groups is 1. The maximum atomic E-state index is 11.4. The molecule has 7 heteroatoms. The largest absolute Gasteiger partial charge is 0.487 e. The molecule has 0 amide bonds. The van der Waals surface area contributed by atoms with E-state index < -0.39 is 16.5 Å². The molecule has 2 aromatic carbocycles. The second kappa shape index (κ2) is 4.84. The van der Waals surface area contributed by atoms with E-state index in [1.807, 2.05) is 0 Å². The second-order valence-electron chi connectivity index (χ2n) is 5.31. The number of non-ortho nitro benzene ring substituents is 1. The van der Waals surface area contributed by atoms with Crippen LogP contribution in [0.5, 0.6) is 5.75 Å². The topological polar surface area (TPSA) is 78.7 Å². The highest BCUT2D eigenvalue weighted by molar-refractivity contribution is 6.34. The van der Waals surface area contributed by atoms with Crippen molar-refractivity contribution in [2.75, 3.05) is 6.61 Å². The van der Waals surface area contributed by atoms with E-state index >= 15 is 0 Å². The molecule has 0 saturated heterocycles. The Kier molecular flexibility index (Phi) is 3.21. The summed E-state index contributed by atoms with van der Waals surface area (Å²) < 4.78 is 11.0. The molecule has 1 unspecified atom stereocenters. The van der Waals surface area contributed by atoms with Crippen LogP contribution < -0.4 is 4.74 Å². The molecule has 0 N–H and O–H groups in total. The summed E-state index contributed by atoms with van der Waals surface area (Å²) in [6, 6.07) is 6.35. The number of halogens is 1. The Morgan fingerprint density at radius 2 is 2.23 bits per heavy atom. The molecule has 1 atom stereocenters. The molecule has 6 nitrogen and oxygen atoms in total. The summed E-state index contributed by atoms with van der Waals surface area (Å²) in [7, 11) is 0. The van der Waals surface area contributed by atoms with E-state index in [2.05, 4.69) is 0 Å². The van der Waals surface area contributed by atoms with Crippen molar-refractivity contribution < 1.29 is 19.2 Å². The predicted molar refractivity (Wildman–Crippen MR) is 80.2 cm³/mol. The number of esters is 1. The first-order valence-corrected chi connectivity index (χ1v) is 6.94. The van der Waals surface area contributed by atoms with Crippen molar-refractivity contribution in [1.29, 1.82) is 0 Å². The lowest BCUT2D eigenvalue weighted by molar-refractivity contribution is -0.383. The van der Waals surface area contributed by atoms with Crippen LogP contribution in [-0.2, 0) is 15.1 Å². The SMILES string of the molecule is CC(=O)OC1(C)COc2c(Cl)cc([N+](=O)[O-])c3cccc1c23. The minimum absolute atomic E-state index is 0.0935. The van der Waals surface area contributed by atoms with E-state index in [1.165, 1.54) is 13.0 Å². The molecule has 3 rings (SSSR count). The van der Waals surface area contributed by atoms with Gasteiger partial charge in [-0.1, -0.05) is 23.7 Å². The lowest BCUT2D eigenvalue weighted by Crippen LogP contribution is -2.37. The van der Waals surface area contributed by atoms with E-state index in [9.17, 15) is 14.9 Å². The normalized spacial score (nSPS) is 19.6. The number of hydrogen-bond donors (Lipinski definition) is 0. The Bertz CT molecular complexity index is 819. The summed E-state index contributed by atoms with van der Waals surface area (Å²) in [5, 5.41) is 12.3. The average Bonchev–Trinajstić information content (AvgIpc) is 2.43. The second-order valence-corrected chi connectivity index (χ2v) is 5.71. The highest BCUT2D eigenvalue weighted by Gasteiger charge is 2.39. The zero-order valence-corrected chi connectivity index (χ0v) is 12.6. The first kappa shape index (κ1) is 14.6. The zero-order chi connectivity index (χ0) is 16.1. The summed E-state index contributed by atoms with van der Waals surface area (Å²) in [6.07, 6.45) is 0. The molecule has 114 valence electrons. The molecule has 0 radical (unpaired) electrons. The van der Waals surface area contributed by atoms with Crippen LogP contribution in [0.25, 0.3) is 10.8 Å². The Morgan fingerprint density at radius 3 is 2.86 bits per heavy atom. The lowest BCUT2D eigenvalue weighted by atomic mass is 9.88. The zero-order valence-electron chi connectivity index (χ0n) is 11.9. The number of nitrogens with zero attached hydrogens (tertiary/aromatic N) is 1. The molecule has 22 heavy (non-hydrogen) atoms. The molecular formula is C15H12ClNO5. The number of nitro benzene ring substituents is 1. The summed E-state index contributed by atoms with van der Waals surface area (Å²) in [4.78, 5) is 22.1. The van der Waals surface area contributed by atoms with Crippen molar-refractivity contribution in [3.05, 3.63) is 45.0 Å². The minimum atomic E-state index is -1.02. The van der Waals surface area contributed by atoms with Crippen molar-refractivity contribution >= 4 is 34.0 Å². The van der Waals surface area contributed by atoms with Crippen molar-refractivity contribution in [3.63, 3.8) is 0 Å². The molecule has 0 saturated carbocycles. The Labute approximate surface area is 130 Å². The van der Waals surface area contributed by atoms with Crippen molar-refractivity contribution in [1.82, 2.24) is 0 Å².